The van der Waals surface area contributed by atoms with E-state index < -0.39 is 0 Å². The van der Waals surface area contributed by atoms with E-state index in [1.165, 1.54) is 5.56 Å². The number of rotatable bonds is 6. The molecule has 166 valence electrons. The monoisotopic (exact) mass is 421 g/mol. The highest BCUT2D eigenvalue weighted by atomic mass is 16.2. The van der Waals surface area contributed by atoms with Crippen LogP contribution in [0.3, 0.4) is 0 Å². The molecule has 0 saturated carbocycles. The van der Waals surface area contributed by atoms with Crippen molar-refractivity contribution >= 4 is 11.7 Å². The molecule has 0 radical (unpaired) electrons. The summed E-state index contributed by atoms with van der Waals surface area (Å²) < 4.78 is 0. The van der Waals surface area contributed by atoms with E-state index in [0.717, 1.165) is 49.8 Å². The summed E-state index contributed by atoms with van der Waals surface area (Å²) in [5, 5.41) is 0. The average Bonchev–Trinajstić information content (AvgIpc) is 3.14. The quantitative estimate of drug-likeness (QED) is 0.713. The van der Waals surface area contributed by atoms with Crippen LogP contribution in [-0.2, 0) is 11.3 Å². The lowest BCUT2D eigenvalue weighted by Gasteiger charge is -2.34. The Balaban J connectivity index is 1.52. The van der Waals surface area contributed by atoms with Gasteiger partial charge in [0.1, 0.15) is 11.6 Å². The third-order valence-corrected chi connectivity index (χ3v) is 6.68. The van der Waals surface area contributed by atoms with E-state index in [1.807, 2.05) is 37.2 Å². The van der Waals surface area contributed by atoms with Gasteiger partial charge in [-0.2, -0.15) is 0 Å². The lowest BCUT2D eigenvalue weighted by molar-refractivity contribution is -0.128. The van der Waals surface area contributed by atoms with Crippen molar-refractivity contribution in [3.8, 4) is 0 Å². The van der Waals surface area contributed by atoms with Gasteiger partial charge in [0, 0.05) is 57.5 Å². The number of aromatic nitrogens is 2. The first-order valence-corrected chi connectivity index (χ1v) is 11.5. The van der Waals surface area contributed by atoms with Gasteiger partial charge in [0.05, 0.1) is 5.69 Å². The predicted molar refractivity (Wildman–Crippen MR) is 124 cm³/mol. The molecule has 4 rings (SSSR count). The third kappa shape index (κ3) is 5.06. The summed E-state index contributed by atoms with van der Waals surface area (Å²) in [4.78, 5) is 29.2. The number of benzene rings is 1. The van der Waals surface area contributed by atoms with Crippen LogP contribution in [0, 0.1) is 0 Å². The first kappa shape index (κ1) is 21.8. The minimum absolute atomic E-state index is 0.132. The number of hydrogen-bond acceptors (Lipinski definition) is 5. The molecule has 1 aromatic heterocycles. The van der Waals surface area contributed by atoms with Crippen LogP contribution in [-0.4, -0.2) is 65.4 Å². The van der Waals surface area contributed by atoms with Crippen molar-refractivity contribution in [2.24, 2.45) is 0 Å². The molecule has 2 aliphatic heterocycles. The van der Waals surface area contributed by atoms with Crippen molar-refractivity contribution in [3.05, 3.63) is 53.5 Å². The van der Waals surface area contributed by atoms with Crippen LogP contribution in [0.2, 0.25) is 0 Å². The van der Waals surface area contributed by atoms with Crippen LogP contribution in [0.5, 0.6) is 0 Å². The van der Waals surface area contributed by atoms with Crippen LogP contribution in [0.1, 0.15) is 62.0 Å². The summed E-state index contributed by atoms with van der Waals surface area (Å²) in [7, 11) is 4.05. The molecule has 3 heterocycles. The molecule has 1 unspecified atom stereocenters. The minimum Gasteiger partial charge on any atom is -0.363 e. The van der Waals surface area contributed by atoms with Crippen molar-refractivity contribution in [2.75, 3.05) is 38.6 Å². The number of carbonyl (C=O) groups is 1. The molecule has 31 heavy (non-hydrogen) atoms. The van der Waals surface area contributed by atoms with Gasteiger partial charge >= 0.3 is 0 Å². The Morgan fingerprint density at radius 3 is 2.42 bits per heavy atom. The number of piperidine rings is 1. The Morgan fingerprint density at radius 2 is 1.77 bits per heavy atom. The van der Waals surface area contributed by atoms with Crippen molar-refractivity contribution in [2.45, 2.75) is 57.5 Å². The van der Waals surface area contributed by atoms with Crippen molar-refractivity contribution in [1.29, 1.82) is 0 Å². The van der Waals surface area contributed by atoms with E-state index in [-0.39, 0.29) is 11.8 Å². The van der Waals surface area contributed by atoms with Crippen molar-refractivity contribution < 1.29 is 4.79 Å². The predicted octanol–water partition coefficient (Wildman–Crippen LogP) is 3.65. The molecule has 1 atom stereocenters. The van der Waals surface area contributed by atoms with Crippen LogP contribution in [0.15, 0.2) is 36.4 Å². The molecule has 1 amide bonds. The highest BCUT2D eigenvalue weighted by Gasteiger charge is 2.33. The summed E-state index contributed by atoms with van der Waals surface area (Å²) in [6.45, 7) is 8.12. The molecule has 6 nitrogen and oxygen atoms in total. The van der Waals surface area contributed by atoms with Crippen LogP contribution in [0.25, 0.3) is 0 Å². The smallest absolute Gasteiger partial charge is 0.223 e. The summed E-state index contributed by atoms with van der Waals surface area (Å²) >= 11 is 0. The number of hydrogen-bond donors (Lipinski definition) is 0. The first-order valence-electron chi connectivity index (χ1n) is 11.5. The molecule has 0 spiro atoms. The van der Waals surface area contributed by atoms with Gasteiger partial charge in [0.2, 0.25) is 5.91 Å². The standard InChI is InChI=1S/C25H35N5O/c1-18(2)29-12-10-20(11-13-29)25-26-22(15-23(27-25)28(3)4)21-14-24(31)30(17-21)16-19-8-6-5-7-9-19/h5-9,15,18,20-21H,10-14,16-17H2,1-4H3. The summed E-state index contributed by atoms with van der Waals surface area (Å²) in [5.41, 5.74) is 2.19. The number of amides is 1. The van der Waals surface area contributed by atoms with Gasteiger partial charge in [-0.15, -0.1) is 0 Å². The van der Waals surface area contributed by atoms with Crippen LogP contribution >= 0.6 is 0 Å². The van der Waals surface area contributed by atoms with Gasteiger partial charge in [0.25, 0.3) is 0 Å². The number of carbonyl (C=O) groups excluding carboxylic acids is 1. The zero-order chi connectivity index (χ0) is 22.0. The van der Waals surface area contributed by atoms with E-state index in [0.29, 0.717) is 24.9 Å². The van der Waals surface area contributed by atoms with E-state index in [4.69, 9.17) is 9.97 Å². The second kappa shape index (κ2) is 9.35. The number of likely N-dealkylation sites (tertiary alicyclic amines) is 2. The number of anilines is 1. The largest absolute Gasteiger partial charge is 0.363 e. The zero-order valence-electron chi connectivity index (χ0n) is 19.3. The highest BCUT2D eigenvalue weighted by Crippen LogP contribution is 2.33. The minimum atomic E-state index is 0.132. The fraction of sp³-hybridized carbons (Fsp3) is 0.560. The molecule has 2 saturated heterocycles. The van der Waals surface area contributed by atoms with Gasteiger partial charge in [-0.05, 0) is 45.3 Å². The molecular weight excluding hydrogens is 386 g/mol. The Bertz CT molecular complexity index is 890. The second-order valence-corrected chi connectivity index (χ2v) is 9.47. The van der Waals surface area contributed by atoms with Gasteiger partial charge in [-0.3, -0.25) is 4.79 Å². The first-order chi connectivity index (χ1) is 14.9. The Morgan fingerprint density at radius 1 is 1.06 bits per heavy atom. The maximum atomic E-state index is 12.7. The normalized spacial score (nSPS) is 20.6. The van der Waals surface area contributed by atoms with Crippen molar-refractivity contribution in [1.82, 2.24) is 19.8 Å². The molecule has 0 N–H and O–H groups in total. The molecule has 0 aliphatic carbocycles. The van der Waals surface area contributed by atoms with Gasteiger partial charge < -0.3 is 14.7 Å². The number of nitrogens with zero attached hydrogens (tertiary/aromatic N) is 5. The van der Waals surface area contributed by atoms with E-state index in [2.05, 4.69) is 41.8 Å². The molecule has 1 aromatic carbocycles. The summed E-state index contributed by atoms with van der Waals surface area (Å²) in [6.07, 6.45) is 2.72. The summed E-state index contributed by atoms with van der Waals surface area (Å²) in [6, 6.07) is 12.9. The maximum absolute atomic E-state index is 12.7. The molecular formula is C25H35N5O. The fourth-order valence-corrected chi connectivity index (χ4v) is 4.69. The lowest BCUT2D eigenvalue weighted by Crippen LogP contribution is -2.38. The second-order valence-electron chi connectivity index (χ2n) is 9.47. The van der Waals surface area contributed by atoms with Gasteiger partial charge in [0.15, 0.2) is 0 Å². The molecule has 0 bridgehead atoms. The average molecular weight is 422 g/mol. The lowest BCUT2D eigenvalue weighted by atomic mass is 9.94. The summed E-state index contributed by atoms with van der Waals surface area (Å²) in [5.74, 6) is 2.64. The highest BCUT2D eigenvalue weighted by molar-refractivity contribution is 5.79. The molecule has 2 aromatic rings. The van der Waals surface area contributed by atoms with Crippen molar-refractivity contribution in [3.63, 3.8) is 0 Å². The van der Waals surface area contributed by atoms with Crippen LogP contribution in [0.4, 0.5) is 5.82 Å². The van der Waals surface area contributed by atoms with E-state index in [9.17, 15) is 4.79 Å². The van der Waals surface area contributed by atoms with Gasteiger partial charge in [-0.1, -0.05) is 30.3 Å². The third-order valence-electron chi connectivity index (χ3n) is 6.68. The topological polar surface area (TPSA) is 52.6 Å². The maximum Gasteiger partial charge on any atom is 0.223 e. The Kier molecular flexibility index (Phi) is 6.56. The van der Waals surface area contributed by atoms with Crippen LogP contribution < -0.4 is 4.90 Å². The SMILES string of the molecule is CC(C)N1CCC(c2nc(C3CC(=O)N(Cc4ccccc4)C3)cc(N(C)C)n2)CC1. The molecule has 2 aliphatic rings. The zero-order valence-corrected chi connectivity index (χ0v) is 19.3. The molecule has 6 heteroatoms. The van der Waals surface area contributed by atoms with Gasteiger partial charge in [-0.25, -0.2) is 9.97 Å². The fourth-order valence-electron chi connectivity index (χ4n) is 4.69. The Labute approximate surface area is 186 Å². The van der Waals surface area contributed by atoms with E-state index in [1.54, 1.807) is 0 Å². The van der Waals surface area contributed by atoms with E-state index >= 15 is 0 Å². The Hall–Kier alpha value is -2.47. The molecule has 2 fully saturated rings.